The Morgan fingerprint density at radius 1 is 1.36 bits per heavy atom. The van der Waals surface area contributed by atoms with Crippen LogP contribution in [-0.4, -0.2) is 59.2 Å². The molecule has 6 nitrogen and oxygen atoms in total. The number of nitrogens with zero attached hydrogens (tertiary/aromatic N) is 2. The Balaban J connectivity index is 1.77. The maximum Gasteiger partial charge on any atom is 0.255 e. The maximum atomic E-state index is 12.7. The van der Waals surface area contributed by atoms with Gasteiger partial charge in [0.2, 0.25) is 0 Å². The zero-order valence-corrected chi connectivity index (χ0v) is 15.9. The predicted molar refractivity (Wildman–Crippen MR) is 101 cm³/mol. The van der Waals surface area contributed by atoms with Crippen molar-refractivity contribution in [1.29, 1.82) is 0 Å². The van der Waals surface area contributed by atoms with Crippen LogP contribution in [0.2, 0.25) is 0 Å². The molecule has 1 aromatic heterocycles. The topological polar surface area (TPSA) is 77.5 Å². The standard InChI is InChI=1S/C19H32N4O2/c1-15-6-8-21-16(12-15)22-10-9-20-13-19(25)7-5-11-23(17(19)24)14-18(2,3)4/h6,8,12,20,25H,5,7,9-11,13-14H2,1-4H3,(H,21,22)/t19-/m0/s1. The molecule has 0 aliphatic carbocycles. The third kappa shape index (κ3) is 5.97. The van der Waals surface area contributed by atoms with E-state index in [2.05, 4.69) is 36.4 Å². The van der Waals surface area contributed by atoms with Crippen molar-refractivity contribution < 1.29 is 9.90 Å². The van der Waals surface area contributed by atoms with Crippen molar-refractivity contribution in [2.45, 2.75) is 46.1 Å². The van der Waals surface area contributed by atoms with E-state index in [0.717, 1.165) is 24.3 Å². The van der Waals surface area contributed by atoms with Crippen LogP contribution in [0.1, 0.15) is 39.2 Å². The number of carbonyl (C=O) groups is 1. The van der Waals surface area contributed by atoms with Gasteiger partial charge in [-0.15, -0.1) is 0 Å². The lowest BCUT2D eigenvalue weighted by Gasteiger charge is -2.41. The molecule has 6 heteroatoms. The fraction of sp³-hybridized carbons (Fsp3) is 0.684. The van der Waals surface area contributed by atoms with Gasteiger partial charge in [-0.2, -0.15) is 0 Å². The molecule has 1 fully saturated rings. The summed E-state index contributed by atoms with van der Waals surface area (Å²) in [5.41, 5.74) is -0.0940. The van der Waals surface area contributed by atoms with Gasteiger partial charge in [-0.05, 0) is 42.9 Å². The number of likely N-dealkylation sites (tertiary alicyclic amines) is 1. The fourth-order valence-corrected chi connectivity index (χ4v) is 3.16. The van der Waals surface area contributed by atoms with Crippen molar-refractivity contribution in [2.24, 2.45) is 5.41 Å². The fourth-order valence-electron chi connectivity index (χ4n) is 3.16. The van der Waals surface area contributed by atoms with Crippen LogP contribution in [-0.2, 0) is 4.79 Å². The van der Waals surface area contributed by atoms with Crippen LogP contribution < -0.4 is 10.6 Å². The molecule has 0 spiro atoms. The van der Waals surface area contributed by atoms with E-state index in [0.29, 0.717) is 26.1 Å². The van der Waals surface area contributed by atoms with E-state index in [-0.39, 0.29) is 17.9 Å². The highest BCUT2D eigenvalue weighted by Crippen LogP contribution is 2.25. The molecule has 2 heterocycles. The molecule has 3 N–H and O–H groups in total. The second-order valence-electron chi connectivity index (χ2n) is 8.24. The van der Waals surface area contributed by atoms with Crippen LogP contribution in [0.5, 0.6) is 0 Å². The minimum Gasteiger partial charge on any atom is -0.379 e. The number of hydrogen-bond acceptors (Lipinski definition) is 5. The summed E-state index contributed by atoms with van der Waals surface area (Å²) in [7, 11) is 0. The number of anilines is 1. The first-order valence-corrected chi connectivity index (χ1v) is 9.09. The summed E-state index contributed by atoms with van der Waals surface area (Å²) >= 11 is 0. The molecule has 140 valence electrons. The van der Waals surface area contributed by atoms with Crippen molar-refractivity contribution >= 4 is 11.7 Å². The van der Waals surface area contributed by atoms with Gasteiger partial charge in [-0.3, -0.25) is 4.79 Å². The van der Waals surface area contributed by atoms with Crippen molar-refractivity contribution in [2.75, 3.05) is 38.0 Å². The molecule has 0 bridgehead atoms. The van der Waals surface area contributed by atoms with Crippen molar-refractivity contribution in [3.05, 3.63) is 23.9 Å². The molecule has 1 atom stereocenters. The number of hydrogen-bond donors (Lipinski definition) is 3. The zero-order valence-electron chi connectivity index (χ0n) is 15.9. The second-order valence-corrected chi connectivity index (χ2v) is 8.24. The van der Waals surface area contributed by atoms with Gasteiger partial charge < -0.3 is 20.6 Å². The quantitative estimate of drug-likeness (QED) is 0.655. The van der Waals surface area contributed by atoms with E-state index in [9.17, 15) is 9.90 Å². The van der Waals surface area contributed by atoms with Crippen LogP contribution >= 0.6 is 0 Å². The van der Waals surface area contributed by atoms with E-state index < -0.39 is 5.60 Å². The highest BCUT2D eigenvalue weighted by atomic mass is 16.3. The Bertz CT molecular complexity index is 585. The van der Waals surface area contributed by atoms with Crippen LogP contribution in [0, 0.1) is 12.3 Å². The van der Waals surface area contributed by atoms with E-state index in [1.807, 2.05) is 19.1 Å². The molecule has 1 amide bonds. The Kier molecular flexibility index (Phi) is 6.41. The lowest BCUT2D eigenvalue weighted by atomic mass is 9.88. The first-order chi connectivity index (χ1) is 11.7. The Morgan fingerprint density at radius 3 is 2.80 bits per heavy atom. The number of pyridine rings is 1. The summed E-state index contributed by atoms with van der Waals surface area (Å²) in [6, 6.07) is 3.94. The molecule has 0 radical (unpaired) electrons. The lowest BCUT2D eigenvalue weighted by molar-refractivity contribution is -0.158. The van der Waals surface area contributed by atoms with Crippen molar-refractivity contribution in [3.8, 4) is 0 Å². The van der Waals surface area contributed by atoms with Crippen LogP contribution in [0.15, 0.2) is 18.3 Å². The first kappa shape index (κ1) is 19.7. The summed E-state index contributed by atoms with van der Waals surface area (Å²) in [5, 5.41) is 17.2. The number of piperidine rings is 1. The molecule has 0 aromatic carbocycles. The van der Waals surface area contributed by atoms with Crippen molar-refractivity contribution in [3.63, 3.8) is 0 Å². The molecular formula is C19H32N4O2. The van der Waals surface area contributed by atoms with Gasteiger partial charge in [0, 0.05) is 38.9 Å². The monoisotopic (exact) mass is 348 g/mol. The predicted octanol–water partition coefficient (Wildman–Crippen LogP) is 1.79. The van der Waals surface area contributed by atoms with E-state index in [4.69, 9.17) is 0 Å². The van der Waals surface area contributed by atoms with Gasteiger partial charge in [-0.1, -0.05) is 20.8 Å². The number of aromatic nitrogens is 1. The Morgan fingerprint density at radius 2 is 2.12 bits per heavy atom. The molecule has 1 aliphatic heterocycles. The number of aliphatic hydroxyl groups is 1. The third-order valence-electron chi connectivity index (χ3n) is 4.31. The minimum atomic E-state index is -1.29. The van der Waals surface area contributed by atoms with Gasteiger partial charge in [-0.25, -0.2) is 4.98 Å². The SMILES string of the molecule is Cc1ccnc(NCCNC[C@@]2(O)CCCN(CC(C)(C)C)C2=O)c1. The van der Waals surface area contributed by atoms with Gasteiger partial charge in [0.15, 0.2) is 5.60 Å². The average Bonchev–Trinajstić information content (AvgIpc) is 2.51. The van der Waals surface area contributed by atoms with Gasteiger partial charge in [0.05, 0.1) is 0 Å². The van der Waals surface area contributed by atoms with Gasteiger partial charge >= 0.3 is 0 Å². The summed E-state index contributed by atoms with van der Waals surface area (Å²) in [4.78, 5) is 18.7. The minimum absolute atomic E-state index is 0.0338. The normalized spacial score (nSPS) is 21.5. The van der Waals surface area contributed by atoms with E-state index >= 15 is 0 Å². The number of nitrogens with one attached hydrogen (secondary N) is 2. The molecule has 2 rings (SSSR count). The summed E-state index contributed by atoms with van der Waals surface area (Å²) < 4.78 is 0. The molecule has 25 heavy (non-hydrogen) atoms. The van der Waals surface area contributed by atoms with Gasteiger partial charge in [0.1, 0.15) is 5.82 Å². The third-order valence-corrected chi connectivity index (χ3v) is 4.31. The largest absolute Gasteiger partial charge is 0.379 e. The molecule has 1 aliphatic rings. The van der Waals surface area contributed by atoms with Crippen LogP contribution in [0.4, 0.5) is 5.82 Å². The number of amides is 1. The summed E-state index contributed by atoms with van der Waals surface area (Å²) in [6.45, 7) is 11.4. The van der Waals surface area contributed by atoms with E-state index in [1.165, 1.54) is 0 Å². The molecule has 1 saturated heterocycles. The Hall–Kier alpha value is -1.66. The summed E-state index contributed by atoms with van der Waals surface area (Å²) in [6.07, 6.45) is 3.14. The zero-order chi connectivity index (χ0) is 18.5. The first-order valence-electron chi connectivity index (χ1n) is 9.09. The van der Waals surface area contributed by atoms with Crippen LogP contribution in [0.3, 0.4) is 0 Å². The van der Waals surface area contributed by atoms with Gasteiger partial charge in [0.25, 0.3) is 5.91 Å². The van der Waals surface area contributed by atoms with Crippen molar-refractivity contribution in [1.82, 2.24) is 15.2 Å². The molecule has 0 saturated carbocycles. The average molecular weight is 348 g/mol. The lowest BCUT2D eigenvalue weighted by Crippen LogP contribution is -2.59. The number of rotatable bonds is 7. The molecule has 0 unspecified atom stereocenters. The number of aryl methyl sites for hydroxylation is 1. The highest BCUT2D eigenvalue weighted by Gasteiger charge is 2.42. The number of carbonyl (C=O) groups excluding carboxylic acids is 1. The smallest absolute Gasteiger partial charge is 0.255 e. The molecular weight excluding hydrogens is 316 g/mol. The second kappa shape index (κ2) is 8.15. The highest BCUT2D eigenvalue weighted by molar-refractivity contribution is 5.86. The van der Waals surface area contributed by atoms with Crippen LogP contribution in [0.25, 0.3) is 0 Å². The Labute approximate surface area is 151 Å². The summed E-state index contributed by atoms with van der Waals surface area (Å²) in [5.74, 6) is 0.695. The maximum absolute atomic E-state index is 12.7. The molecule has 1 aromatic rings. The van der Waals surface area contributed by atoms with E-state index in [1.54, 1.807) is 11.1 Å².